The predicted molar refractivity (Wildman–Crippen MR) is 87.2 cm³/mol. The molecule has 108 valence electrons. The highest BCUT2D eigenvalue weighted by Gasteiger charge is 2.29. The summed E-state index contributed by atoms with van der Waals surface area (Å²) < 4.78 is 0. The molecule has 0 amide bonds. The molecule has 0 heterocycles. The smallest absolute Gasteiger partial charge is 0.0207 e. The Morgan fingerprint density at radius 2 is 1.78 bits per heavy atom. The molecule has 0 aromatic heterocycles. The van der Waals surface area contributed by atoms with Crippen LogP contribution in [0.4, 0.5) is 0 Å². The van der Waals surface area contributed by atoms with Gasteiger partial charge in [0.25, 0.3) is 0 Å². The van der Waals surface area contributed by atoms with E-state index in [0.29, 0.717) is 10.6 Å². The molecule has 0 nitrogen and oxygen atoms in total. The molecule has 1 aliphatic carbocycles. The topological polar surface area (TPSA) is 0 Å². The van der Waals surface area contributed by atoms with E-state index in [1.165, 1.54) is 64.2 Å². The lowest BCUT2D eigenvalue weighted by Crippen LogP contribution is -2.22. The molecule has 0 spiro atoms. The van der Waals surface area contributed by atoms with Gasteiger partial charge in [0, 0.05) is 0 Å². The molecular formula is C17H35P. The molecule has 0 N–H and O–H groups in total. The molecule has 0 bridgehead atoms. The maximum absolute atomic E-state index is 2.97. The first-order valence-electron chi connectivity index (χ1n) is 8.10. The van der Waals surface area contributed by atoms with Crippen molar-refractivity contribution in [3.05, 3.63) is 0 Å². The lowest BCUT2D eigenvalue weighted by atomic mass is 9.73. The third kappa shape index (κ3) is 6.55. The summed E-state index contributed by atoms with van der Waals surface area (Å²) in [7, 11) is 2.97. The summed E-state index contributed by atoms with van der Waals surface area (Å²) in [5, 5.41) is 0.446. The van der Waals surface area contributed by atoms with Crippen molar-refractivity contribution in [2.24, 2.45) is 11.3 Å². The van der Waals surface area contributed by atoms with Crippen molar-refractivity contribution >= 4 is 9.24 Å². The van der Waals surface area contributed by atoms with Crippen LogP contribution < -0.4 is 0 Å². The SMILES string of the molecule is CC(C)(P)CCCCCC1CCCCCC1(C)C. The number of unbranched alkanes of at least 4 members (excludes halogenated alkanes) is 2. The Hall–Kier alpha value is 0.430. The van der Waals surface area contributed by atoms with Crippen molar-refractivity contribution in [3.63, 3.8) is 0 Å². The molecule has 2 atom stereocenters. The predicted octanol–water partition coefficient (Wildman–Crippen LogP) is 6.20. The maximum atomic E-state index is 2.97. The van der Waals surface area contributed by atoms with Gasteiger partial charge >= 0.3 is 0 Å². The monoisotopic (exact) mass is 270 g/mol. The van der Waals surface area contributed by atoms with Gasteiger partial charge in [-0.1, -0.05) is 66.2 Å². The summed E-state index contributed by atoms with van der Waals surface area (Å²) in [5.41, 5.74) is 0.608. The molecule has 0 saturated heterocycles. The molecular weight excluding hydrogens is 235 g/mol. The van der Waals surface area contributed by atoms with E-state index in [0.717, 1.165) is 5.92 Å². The normalized spacial score (nSPS) is 24.8. The van der Waals surface area contributed by atoms with Gasteiger partial charge in [0.15, 0.2) is 0 Å². The van der Waals surface area contributed by atoms with Crippen molar-refractivity contribution in [2.45, 2.75) is 97.1 Å². The van der Waals surface area contributed by atoms with E-state index in [-0.39, 0.29) is 0 Å². The fourth-order valence-corrected chi connectivity index (χ4v) is 3.63. The zero-order valence-corrected chi connectivity index (χ0v) is 14.4. The lowest BCUT2D eigenvalue weighted by Gasteiger charge is -2.33. The molecule has 0 radical (unpaired) electrons. The Morgan fingerprint density at radius 1 is 1.06 bits per heavy atom. The van der Waals surface area contributed by atoms with E-state index < -0.39 is 0 Å². The van der Waals surface area contributed by atoms with E-state index in [1.807, 2.05) is 0 Å². The first-order chi connectivity index (χ1) is 8.31. The number of rotatable bonds is 6. The summed E-state index contributed by atoms with van der Waals surface area (Å²) >= 11 is 0. The lowest BCUT2D eigenvalue weighted by molar-refractivity contribution is 0.180. The van der Waals surface area contributed by atoms with Crippen LogP contribution in [0.2, 0.25) is 0 Å². The highest BCUT2D eigenvalue weighted by Crippen LogP contribution is 2.41. The summed E-state index contributed by atoms with van der Waals surface area (Å²) in [6, 6.07) is 0. The molecule has 1 saturated carbocycles. The number of hydrogen-bond donors (Lipinski definition) is 0. The minimum Gasteiger partial charge on any atom is -0.132 e. The Morgan fingerprint density at radius 3 is 2.44 bits per heavy atom. The maximum Gasteiger partial charge on any atom is -0.0207 e. The minimum atomic E-state index is 0.446. The first kappa shape index (κ1) is 16.5. The second-order valence-electron chi connectivity index (χ2n) is 7.87. The molecule has 2 unspecified atom stereocenters. The molecule has 1 heteroatoms. The third-order valence-corrected chi connectivity index (χ3v) is 5.14. The van der Waals surface area contributed by atoms with E-state index >= 15 is 0 Å². The van der Waals surface area contributed by atoms with Gasteiger partial charge < -0.3 is 0 Å². The highest BCUT2D eigenvalue weighted by molar-refractivity contribution is 7.18. The van der Waals surface area contributed by atoms with E-state index in [1.54, 1.807) is 0 Å². The van der Waals surface area contributed by atoms with Crippen LogP contribution in [0.25, 0.3) is 0 Å². The van der Waals surface area contributed by atoms with E-state index in [2.05, 4.69) is 36.9 Å². The fraction of sp³-hybridized carbons (Fsp3) is 1.00. The minimum absolute atomic E-state index is 0.446. The van der Waals surface area contributed by atoms with Crippen LogP contribution in [0.3, 0.4) is 0 Å². The van der Waals surface area contributed by atoms with Gasteiger partial charge in [-0.3, -0.25) is 0 Å². The summed E-state index contributed by atoms with van der Waals surface area (Å²) in [5.74, 6) is 0.990. The average molecular weight is 270 g/mol. The van der Waals surface area contributed by atoms with Crippen molar-refractivity contribution in [3.8, 4) is 0 Å². The standard InChI is InChI=1S/C17H35P/c1-16(2)13-9-5-7-11-15(16)12-8-6-10-14-17(3,4)18/h15H,5-14,18H2,1-4H3. The Kier molecular flexibility index (Phi) is 6.66. The van der Waals surface area contributed by atoms with Gasteiger partial charge in [-0.2, -0.15) is 0 Å². The van der Waals surface area contributed by atoms with Crippen LogP contribution in [0, 0.1) is 11.3 Å². The van der Waals surface area contributed by atoms with Crippen molar-refractivity contribution < 1.29 is 0 Å². The highest BCUT2D eigenvalue weighted by atomic mass is 31.0. The zero-order chi connectivity index (χ0) is 13.6. The van der Waals surface area contributed by atoms with Gasteiger partial charge in [-0.25, -0.2) is 0 Å². The third-order valence-electron chi connectivity index (χ3n) is 4.85. The Bertz CT molecular complexity index is 224. The summed E-state index contributed by atoms with van der Waals surface area (Å²) in [4.78, 5) is 0. The Labute approximate surface area is 118 Å². The molecule has 1 fully saturated rings. The summed E-state index contributed by atoms with van der Waals surface area (Å²) in [6.07, 6.45) is 14.5. The largest absolute Gasteiger partial charge is 0.132 e. The average Bonchev–Trinajstić information content (AvgIpc) is 2.38. The van der Waals surface area contributed by atoms with E-state index in [4.69, 9.17) is 0 Å². The molecule has 0 aromatic carbocycles. The molecule has 1 aliphatic rings. The van der Waals surface area contributed by atoms with Gasteiger partial charge in [0.2, 0.25) is 0 Å². The number of hydrogen-bond acceptors (Lipinski definition) is 0. The second-order valence-corrected chi connectivity index (χ2v) is 9.44. The molecule has 1 rings (SSSR count). The van der Waals surface area contributed by atoms with Gasteiger partial charge in [0.05, 0.1) is 0 Å². The first-order valence-corrected chi connectivity index (χ1v) is 8.68. The molecule has 0 aromatic rings. The van der Waals surface area contributed by atoms with Crippen molar-refractivity contribution in [1.82, 2.24) is 0 Å². The van der Waals surface area contributed by atoms with Crippen LogP contribution in [0.1, 0.15) is 91.9 Å². The zero-order valence-electron chi connectivity index (χ0n) is 13.2. The fourth-order valence-electron chi connectivity index (χ4n) is 3.43. The van der Waals surface area contributed by atoms with Crippen LogP contribution in [-0.4, -0.2) is 5.16 Å². The second kappa shape index (κ2) is 7.28. The van der Waals surface area contributed by atoms with Gasteiger partial charge in [-0.15, -0.1) is 9.24 Å². The van der Waals surface area contributed by atoms with Crippen LogP contribution in [-0.2, 0) is 0 Å². The van der Waals surface area contributed by atoms with Crippen molar-refractivity contribution in [2.75, 3.05) is 0 Å². The van der Waals surface area contributed by atoms with Gasteiger partial charge in [-0.05, 0) is 42.2 Å². The summed E-state index contributed by atoms with van der Waals surface area (Å²) in [6.45, 7) is 9.67. The van der Waals surface area contributed by atoms with Gasteiger partial charge in [0.1, 0.15) is 0 Å². The van der Waals surface area contributed by atoms with E-state index in [9.17, 15) is 0 Å². The van der Waals surface area contributed by atoms with Crippen LogP contribution >= 0.6 is 9.24 Å². The Balaban J connectivity index is 2.21. The molecule has 18 heavy (non-hydrogen) atoms. The van der Waals surface area contributed by atoms with Crippen molar-refractivity contribution in [1.29, 1.82) is 0 Å². The van der Waals surface area contributed by atoms with Crippen LogP contribution in [0.15, 0.2) is 0 Å². The molecule has 0 aliphatic heterocycles. The quantitative estimate of drug-likeness (QED) is 0.306. The van der Waals surface area contributed by atoms with Crippen LogP contribution in [0.5, 0.6) is 0 Å².